The second-order valence-corrected chi connectivity index (χ2v) is 3.25. The number of carbonyl (C=O) groups excluding carboxylic acids is 1. The van der Waals surface area contributed by atoms with Gasteiger partial charge < -0.3 is 10.4 Å². The van der Waals surface area contributed by atoms with Crippen molar-refractivity contribution in [3.05, 3.63) is 0 Å². The molecule has 3 nitrogen and oxygen atoms in total. The van der Waals surface area contributed by atoms with Gasteiger partial charge in [-0.05, 0) is 12.8 Å². The monoisotopic (exact) mass is 159 g/mol. The first-order valence-electron chi connectivity index (χ1n) is 3.97. The number of aliphatic hydroxyl groups is 1. The summed E-state index contributed by atoms with van der Waals surface area (Å²) in [5, 5.41) is 11.4. The number of nitrogens with one attached hydrogen (secondary N) is 1. The maximum Gasteiger partial charge on any atom is 0.220 e. The lowest BCUT2D eigenvalue weighted by Gasteiger charge is -2.07. The van der Waals surface area contributed by atoms with Crippen LogP contribution in [-0.2, 0) is 4.79 Å². The second kappa shape index (κ2) is 5.13. The predicted molar refractivity (Wildman–Crippen MR) is 44.1 cm³/mol. The standard InChI is InChI=1S/C8H17NO2/c1-6(2)4-8(11)9-5-7(3)10/h6-7,10H,4-5H2,1-3H3,(H,9,11)/t7-/m0/s1. The normalized spacial score (nSPS) is 13.2. The Morgan fingerprint density at radius 1 is 1.45 bits per heavy atom. The highest BCUT2D eigenvalue weighted by Gasteiger charge is 2.04. The summed E-state index contributed by atoms with van der Waals surface area (Å²) in [6, 6.07) is 0. The Kier molecular flexibility index (Phi) is 4.86. The summed E-state index contributed by atoms with van der Waals surface area (Å²) in [6.07, 6.45) is 0.0818. The summed E-state index contributed by atoms with van der Waals surface area (Å²) in [6.45, 7) is 5.98. The summed E-state index contributed by atoms with van der Waals surface area (Å²) in [5.74, 6) is 0.393. The molecule has 0 saturated carbocycles. The molecule has 0 aliphatic heterocycles. The van der Waals surface area contributed by atoms with Crippen molar-refractivity contribution in [1.29, 1.82) is 0 Å². The van der Waals surface area contributed by atoms with Crippen molar-refractivity contribution in [3.8, 4) is 0 Å². The molecule has 1 amide bonds. The zero-order valence-electron chi connectivity index (χ0n) is 7.42. The van der Waals surface area contributed by atoms with Gasteiger partial charge in [-0.25, -0.2) is 0 Å². The summed E-state index contributed by atoms with van der Waals surface area (Å²) in [5.41, 5.74) is 0. The fourth-order valence-corrected chi connectivity index (χ4v) is 0.705. The SMILES string of the molecule is CC(C)CC(=O)NC[C@H](C)O. The molecule has 0 radical (unpaired) electrons. The van der Waals surface area contributed by atoms with Crippen LogP contribution in [0.2, 0.25) is 0 Å². The Morgan fingerprint density at radius 3 is 2.36 bits per heavy atom. The molecule has 0 aromatic carbocycles. The highest BCUT2D eigenvalue weighted by Crippen LogP contribution is 1.97. The second-order valence-electron chi connectivity index (χ2n) is 3.25. The van der Waals surface area contributed by atoms with E-state index in [4.69, 9.17) is 5.11 Å². The van der Waals surface area contributed by atoms with Crippen LogP contribution in [0.3, 0.4) is 0 Å². The minimum absolute atomic E-state index is 0.0147. The Morgan fingerprint density at radius 2 is 2.00 bits per heavy atom. The molecular weight excluding hydrogens is 142 g/mol. The smallest absolute Gasteiger partial charge is 0.220 e. The van der Waals surface area contributed by atoms with Crippen LogP contribution in [0.1, 0.15) is 27.2 Å². The number of amides is 1. The van der Waals surface area contributed by atoms with E-state index in [-0.39, 0.29) is 5.91 Å². The molecule has 0 aromatic rings. The van der Waals surface area contributed by atoms with Crippen LogP contribution >= 0.6 is 0 Å². The van der Waals surface area contributed by atoms with Crippen molar-refractivity contribution >= 4 is 5.91 Å². The molecule has 11 heavy (non-hydrogen) atoms. The third-order valence-electron chi connectivity index (χ3n) is 1.19. The average molecular weight is 159 g/mol. The summed E-state index contributed by atoms with van der Waals surface area (Å²) in [7, 11) is 0. The lowest BCUT2D eigenvalue weighted by Crippen LogP contribution is -2.31. The van der Waals surface area contributed by atoms with Crippen molar-refractivity contribution in [2.24, 2.45) is 5.92 Å². The molecule has 0 fully saturated rings. The van der Waals surface area contributed by atoms with Crippen LogP contribution < -0.4 is 5.32 Å². The topological polar surface area (TPSA) is 49.3 Å². The molecule has 0 heterocycles. The molecule has 0 unspecified atom stereocenters. The van der Waals surface area contributed by atoms with Gasteiger partial charge in [-0.2, -0.15) is 0 Å². The molecule has 2 N–H and O–H groups in total. The predicted octanol–water partition coefficient (Wildman–Crippen LogP) is 0.529. The van der Waals surface area contributed by atoms with E-state index in [2.05, 4.69) is 5.32 Å². The summed E-state index contributed by atoms with van der Waals surface area (Å²) in [4.78, 5) is 10.9. The first-order chi connectivity index (χ1) is 5.02. The molecule has 0 spiro atoms. The fourth-order valence-electron chi connectivity index (χ4n) is 0.705. The van der Waals surface area contributed by atoms with E-state index in [9.17, 15) is 4.79 Å². The molecule has 66 valence electrons. The maximum absolute atomic E-state index is 10.9. The highest BCUT2D eigenvalue weighted by atomic mass is 16.3. The van der Waals surface area contributed by atoms with Crippen LogP contribution in [0.25, 0.3) is 0 Å². The number of hydrogen-bond acceptors (Lipinski definition) is 2. The molecule has 3 heteroatoms. The highest BCUT2D eigenvalue weighted by molar-refractivity contribution is 5.76. The molecule has 0 aliphatic rings. The van der Waals surface area contributed by atoms with Gasteiger partial charge in [0.1, 0.15) is 0 Å². The minimum Gasteiger partial charge on any atom is -0.392 e. The van der Waals surface area contributed by atoms with E-state index in [0.29, 0.717) is 18.9 Å². The Hall–Kier alpha value is -0.570. The van der Waals surface area contributed by atoms with E-state index in [1.165, 1.54) is 0 Å². The Balaban J connectivity index is 3.38. The van der Waals surface area contributed by atoms with E-state index < -0.39 is 6.10 Å². The van der Waals surface area contributed by atoms with Gasteiger partial charge in [-0.1, -0.05) is 13.8 Å². The van der Waals surface area contributed by atoms with E-state index >= 15 is 0 Å². The van der Waals surface area contributed by atoms with Gasteiger partial charge >= 0.3 is 0 Å². The van der Waals surface area contributed by atoms with Crippen LogP contribution in [0.15, 0.2) is 0 Å². The molecular formula is C8H17NO2. The first-order valence-corrected chi connectivity index (χ1v) is 3.97. The Labute approximate surface area is 67.8 Å². The lowest BCUT2D eigenvalue weighted by molar-refractivity contribution is -0.122. The summed E-state index contributed by atoms with van der Waals surface area (Å²) >= 11 is 0. The molecule has 0 rings (SSSR count). The molecule has 0 aliphatic carbocycles. The third kappa shape index (κ3) is 7.33. The van der Waals surface area contributed by atoms with Crippen molar-refractivity contribution in [2.75, 3.05) is 6.54 Å². The van der Waals surface area contributed by atoms with Crippen molar-refractivity contribution in [2.45, 2.75) is 33.3 Å². The van der Waals surface area contributed by atoms with Crippen molar-refractivity contribution in [1.82, 2.24) is 5.32 Å². The molecule has 0 saturated heterocycles. The lowest BCUT2D eigenvalue weighted by atomic mass is 10.1. The number of aliphatic hydroxyl groups excluding tert-OH is 1. The van der Waals surface area contributed by atoms with E-state index in [0.717, 1.165) is 0 Å². The van der Waals surface area contributed by atoms with Gasteiger partial charge in [0.25, 0.3) is 0 Å². The zero-order chi connectivity index (χ0) is 8.85. The summed E-state index contributed by atoms with van der Waals surface area (Å²) < 4.78 is 0. The third-order valence-corrected chi connectivity index (χ3v) is 1.19. The molecule has 0 bridgehead atoms. The van der Waals surface area contributed by atoms with Gasteiger partial charge in [-0.15, -0.1) is 0 Å². The maximum atomic E-state index is 10.9. The quantitative estimate of drug-likeness (QED) is 0.628. The van der Waals surface area contributed by atoms with E-state index in [1.807, 2.05) is 13.8 Å². The average Bonchev–Trinajstić information content (AvgIpc) is 1.82. The van der Waals surface area contributed by atoms with Gasteiger partial charge in [0.05, 0.1) is 6.10 Å². The van der Waals surface area contributed by atoms with Crippen molar-refractivity contribution < 1.29 is 9.90 Å². The Bertz CT molecular complexity index is 121. The van der Waals surface area contributed by atoms with Crippen LogP contribution in [-0.4, -0.2) is 23.7 Å². The zero-order valence-corrected chi connectivity index (χ0v) is 7.42. The van der Waals surface area contributed by atoms with Gasteiger partial charge in [0.2, 0.25) is 5.91 Å². The number of carbonyl (C=O) groups is 1. The van der Waals surface area contributed by atoms with E-state index in [1.54, 1.807) is 6.92 Å². The van der Waals surface area contributed by atoms with Gasteiger partial charge in [0, 0.05) is 13.0 Å². The number of rotatable bonds is 4. The van der Waals surface area contributed by atoms with Crippen LogP contribution in [0, 0.1) is 5.92 Å². The van der Waals surface area contributed by atoms with Gasteiger partial charge in [-0.3, -0.25) is 4.79 Å². The van der Waals surface area contributed by atoms with Gasteiger partial charge in [0.15, 0.2) is 0 Å². The molecule has 1 atom stereocenters. The minimum atomic E-state index is -0.453. The fraction of sp³-hybridized carbons (Fsp3) is 0.875. The van der Waals surface area contributed by atoms with Crippen LogP contribution in [0.4, 0.5) is 0 Å². The number of hydrogen-bond donors (Lipinski definition) is 2. The van der Waals surface area contributed by atoms with Crippen LogP contribution in [0.5, 0.6) is 0 Å². The largest absolute Gasteiger partial charge is 0.392 e. The first kappa shape index (κ1) is 10.4. The molecule has 0 aromatic heterocycles. The van der Waals surface area contributed by atoms with Crippen molar-refractivity contribution in [3.63, 3.8) is 0 Å².